The number of nitrogens with zero attached hydrogens (tertiary/aromatic N) is 2. The maximum Gasteiger partial charge on any atom is 0.398 e. The minimum absolute atomic E-state index is 0.257. The van der Waals surface area contributed by atoms with E-state index in [9.17, 15) is 4.79 Å². The Morgan fingerprint density at radius 2 is 2.06 bits per heavy atom. The van der Waals surface area contributed by atoms with Gasteiger partial charge in [0, 0.05) is 0 Å². The molecule has 0 fully saturated rings. The Bertz CT molecular complexity index is 482. The normalized spacial score (nSPS) is 23.3. The van der Waals surface area contributed by atoms with Crippen molar-refractivity contribution in [3.63, 3.8) is 0 Å². The van der Waals surface area contributed by atoms with Crippen LogP contribution in [0.4, 0.5) is 0 Å². The first-order chi connectivity index (χ1) is 8.59. The Morgan fingerprint density at radius 3 is 2.56 bits per heavy atom. The highest BCUT2D eigenvalue weighted by Gasteiger charge is 2.47. The fraction of sp³-hybridized carbons (Fsp3) is 0.429. The van der Waals surface area contributed by atoms with Gasteiger partial charge in [-0.3, -0.25) is 4.84 Å². The predicted octanol–water partition coefficient (Wildman–Crippen LogP) is 1.67. The van der Waals surface area contributed by atoms with E-state index < -0.39 is 0 Å². The van der Waals surface area contributed by atoms with Crippen LogP contribution in [-0.4, -0.2) is 47.7 Å². The zero-order valence-corrected chi connectivity index (χ0v) is 11.2. The smallest absolute Gasteiger partial charge is 0.261 e. The molecule has 96 valence electrons. The van der Waals surface area contributed by atoms with Crippen LogP contribution < -0.4 is 0 Å². The summed E-state index contributed by atoms with van der Waals surface area (Å²) in [6.45, 7) is 6.56. The van der Waals surface area contributed by atoms with E-state index in [1.165, 1.54) is 0 Å². The summed E-state index contributed by atoms with van der Waals surface area (Å²) in [6.07, 6.45) is 0. The summed E-state index contributed by atoms with van der Waals surface area (Å²) in [6, 6.07) is 9.15. The molecule has 4 heteroatoms. The van der Waals surface area contributed by atoms with Crippen LogP contribution in [0.3, 0.4) is 0 Å². The first-order valence-electron chi connectivity index (χ1n) is 6.30. The summed E-state index contributed by atoms with van der Waals surface area (Å²) >= 11 is 0. The molecule has 1 aliphatic heterocycles. The number of hydrogen-bond acceptors (Lipinski definition) is 2. The molecule has 1 aliphatic rings. The lowest BCUT2D eigenvalue weighted by atomic mass is 10.2. The minimum Gasteiger partial charge on any atom is -0.261 e. The number of hydroxylamine groups is 3. The zero-order chi connectivity index (χ0) is 13.2. The van der Waals surface area contributed by atoms with E-state index in [-0.39, 0.29) is 5.97 Å². The molecule has 1 aromatic rings. The minimum atomic E-state index is -0.257. The zero-order valence-electron chi connectivity index (χ0n) is 11.2. The van der Waals surface area contributed by atoms with Gasteiger partial charge in [-0.25, -0.2) is 4.79 Å². The fourth-order valence-electron chi connectivity index (χ4n) is 2.30. The van der Waals surface area contributed by atoms with Crippen LogP contribution in [-0.2, 0) is 4.84 Å². The topological polar surface area (TPSA) is 29.3 Å². The van der Waals surface area contributed by atoms with E-state index in [0.29, 0.717) is 10.2 Å². The van der Waals surface area contributed by atoms with Crippen molar-refractivity contribution in [1.82, 2.24) is 0 Å². The molecule has 18 heavy (non-hydrogen) atoms. The Hall–Kier alpha value is -1.68. The molecule has 1 heterocycles. The summed E-state index contributed by atoms with van der Waals surface area (Å²) in [5, 5.41) is 0. The third-order valence-electron chi connectivity index (χ3n) is 3.72. The highest BCUT2D eigenvalue weighted by molar-refractivity contribution is 5.89. The average molecular weight is 248 g/mol. The van der Waals surface area contributed by atoms with E-state index >= 15 is 0 Å². The lowest BCUT2D eigenvalue weighted by Gasteiger charge is -2.24. The van der Waals surface area contributed by atoms with Gasteiger partial charge >= 0.3 is 11.8 Å². The monoisotopic (exact) mass is 248 g/mol. The van der Waals surface area contributed by atoms with Crippen molar-refractivity contribution in [2.45, 2.75) is 13.8 Å². The highest BCUT2D eigenvalue weighted by Crippen LogP contribution is 2.17. The molecule has 0 saturated carbocycles. The Morgan fingerprint density at radius 1 is 1.39 bits per heavy atom. The molecule has 0 saturated heterocycles. The number of rotatable bonds is 3. The largest absolute Gasteiger partial charge is 0.398 e. The maximum atomic E-state index is 12.1. The fourth-order valence-corrected chi connectivity index (χ4v) is 2.30. The van der Waals surface area contributed by atoms with Crippen LogP contribution in [0.5, 0.6) is 0 Å². The lowest BCUT2D eigenvalue weighted by Crippen LogP contribution is -2.51. The molecule has 2 rings (SSSR count). The molecular formula is C14H20N2O2+2. The predicted molar refractivity (Wildman–Crippen MR) is 69.3 cm³/mol. The van der Waals surface area contributed by atoms with Crippen molar-refractivity contribution in [3.8, 4) is 0 Å². The van der Waals surface area contributed by atoms with Crippen LogP contribution in [0, 0.1) is 0 Å². The Kier molecular flexibility index (Phi) is 3.48. The summed E-state index contributed by atoms with van der Waals surface area (Å²) in [4.78, 5) is 17.9. The molecule has 4 nitrogen and oxygen atoms in total. The second-order valence-electron chi connectivity index (χ2n) is 4.64. The molecule has 1 aromatic carbocycles. The van der Waals surface area contributed by atoms with Gasteiger partial charge in [-0.2, -0.15) is 4.58 Å². The van der Waals surface area contributed by atoms with Crippen molar-refractivity contribution in [3.05, 3.63) is 35.9 Å². The molecule has 1 atom stereocenters. The van der Waals surface area contributed by atoms with Crippen molar-refractivity contribution >= 4 is 11.8 Å². The van der Waals surface area contributed by atoms with Gasteiger partial charge < -0.3 is 0 Å². The van der Waals surface area contributed by atoms with Gasteiger partial charge in [0.15, 0.2) is 6.54 Å². The number of amidine groups is 1. The van der Waals surface area contributed by atoms with E-state index in [2.05, 4.69) is 4.58 Å². The summed E-state index contributed by atoms with van der Waals surface area (Å²) in [5.74, 6) is 0.828. The van der Waals surface area contributed by atoms with Crippen LogP contribution in [0.1, 0.15) is 24.2 Å². The molecule has 0 N–H and O–H groups in total. The Labute approximate surface area is 108 Å². The maximum absolute atomic E-state index is 12.1. The number of likely N-dealkylation sites (N-methyl/N-ethyl adjacent to an activating group) is 2. The molecule has 0 radical (unpaired) electrons. The van der Waals surface area contributed by atoms with Crippen LogP contribution in [0.15, 0.2) is 30.3 Å². The number of benzene rings is 1. The quantitative estimate of drug-likeness (QED) is 0.601. The molecule has 1 unspecified atom stereocenters. The standard InChI is InChI=1S/C14H20N2O2/c1-4-16(11-10-15(3)12(16)2)18-14(17)13-8-6-5-7-9-13/h5-9H,4,10-11H2,1-3H3/q+2. The van der Waals surface area contributed by atoms with Gasteiger partial charge in [-0.1, -0.05) is 18.2 Å². The number of carbonyl (C=O) groups is 1. The van der Waals surface area contributed by atoms with E-state index in [1.54, 1.807) is 12.1 Å². The van der Waals surface area contributed by atoms with E-state index in [1.807, 2.05) is 39.1 Å². The second-order valence-corrected chi connectivity index (χ2v) is 4.64. The van der Waals surface area contributed by atoms with Crippen LogP contribution in [0.2, 0.25) is 0 Å². The first-order valence-corrected chi connectivity index (χ1v) is 6.30. The van der Waals surface area contributed by atoms with Crippen molar-refractivity contribution in [1.29, 1.82) is 0 Å². The first kappa shape index (κ1) is 12.8. The molecular weight excluding hydrogens is 228 g/mol. The number of quaternary nitrogens is 1. The van der Waals surface area contributed by atoms with Crippen molar-refractivity contribution in [2.75, 3.05) is 26.7 Å². The van der Waals surface area contributed by atoms with Crippen LogP contribution >= 0.6 is 0 Å². The SMILES string of the molecule is CC[N+]1(OC(=O)c2ccccc2)CC[N+](C)=C1C. The second kappa shape index (κ2) is 4.90. The summed E-state index contributed by atoms with van der Waals surface area (Å²) in [7, 11) is 2.03. The third-order valence-corrected chi connectivity index (χ3v) is 3.72. The van der Waals surface area contributed by atoms with Gasteiger partial charge in [0.05, 0.1) is 12.5 Å². The molecule has 0 spiro atoms. The summed E-state index contributed by atoms with van der Waals surface area (Å²) < 4.78 is 2.45. The van der Waals surface area contributed by atoms with E-state index in [4.69, 9.17) is 4.84 Å². The van der Waals surface area contributed by atoms with Gasteiger partial charge in [-0.05, 0) is 23.7 Å². The molecule has 0 amide bonds. The average Bonchev–Trinajstić information content (AvgIpc) is 2.69. The lowest BCUT2D eigenvalue weighted by molar-refractivity contribution is -1.01. The van der Waals surface area contributed by atoms with Gasteiger partial charge in [0.2, 0.25) is 6.54 Å². The van der Waals surface area contributed by atoms with Gasteiger partial charge in [-0.15, -0.1) is 0 Å². The Balaban J connectivity index is 2.21. The van der Waals surface area contributed by atoms with Crippen molar-refractivity contribution < 1.29 is 18.9 Å². The van der Waals surface area contributed by atoms with Gasteiger partial charge in [0.1, 0.15) is 13.6 Å². The van der Waals surface area contributed by atoms with Crippen molar-refractivity contribution in [2.24, 2.45) is 0 Å². The number of hydrogen-bond donors (Lipinski definition) is 0. The highest BCUT2D eigenvalue weighted by atomic mass is 16.7. The third kappa shape index (κ3) is 2.16. The summed E-state index contributed by atoms with van der Waals surface area (Å²) in [5.41, 5.74) is 0.603. The molecule has 0 aromatic heterocycles. The van der Waals surface area contributed by atoms with Gasteiger partial charge in [0.25, 0.3) is 0 Å². The molecule has 0 aliphatic carbocycles. The molecule has 0 bridgehead atoms. The van der Waals surface area contributed by atoms with Crippen LogP contribution in [0.25, 0.3) is 0 Å². The number of carbonyl (C=O) groups excluding carboxylic acids is 1. The van der Waals surface area contributed by atoms with E-state index in [0.717, 1.165) is 25.5 Å².